The summed E-state index contributed by atoms with van der Waals surface area (Å²) in [4.78, 5) is 184. The van der Waals surface area contributed by atoms with Gasteiger partial charge < -0.3 is 65.0 Å². The number of Topliss-reactive ketones (excluding diaryl/α,β-unsaturated/α-hetero) is 1. The Kier molecular flexibility index (Phi) is 33.6. The molecule has 1 aliphatic rings. The number of allylic oxidation sites excluding steroid dienone is 2. The van der Waals surface area contributed by atoms with Crippen LogP contribution in [0.25, 0.3) is 0 Å². The SMILES string of the molecule is CC=CC[C@@H](C)C(=O)[C@H]1C(=O)N[C@@H](CC)C(=O)N(C)CC(=O)N(C)[C@@H](CC(C)(C)OCOCC)C(=O)N[C@@H](C(C)C)C(=O)N(C)[C@@H](CC(C)C)C(=O)N[C@@H](C)C(=O)N[C@H](C)C(=O)N(C)[C@@H](CC(C)C)C(=O)N(C)[C@@H](CC(C)C)C(=O)N(C)[C@@H](C(C)C)C(=O)N1C. The maximum Gasteiger partial charge on any atom is 0.251 e. The van der Waals surface area contributed by atoms with E-state index in [2.05, 4.69) is 21.3 Å². The summed E-state index contributed by atoms with van der Waals surface area (Å²) >= 11 is 0. The maximum atomic E-state index is 15.2. The average molecular weight is 1270 g/mol. The number of amides is 11. The standard InChI is InChI=1S/C65H115N11O14/c1-26-29-30-42(14)54(78)53-58(82)68-45(27-2)60(84)70(19)35-50(77)71(20)49(34-65(17,18)90-36-89-28-3)57(81)69-51(40(10)11)63(87)72(21)46(31-37(4)5)56(80)66-43(15)55(79)67-44(16)59(83)73(22)47(32-38(6)7)61(85)74(23)48(33-39(8)9)62(86)75(24)52(41(12)13)64(88)76(53)25/h26,29,37-49,51-53H,27-28,30-36H2,1-25H3,(H,66,80)(H,67,79)(H,68,82)(H,69,81)/t42-,43+,44-,45+,46+,47+,48+,49+,51+,52+,53+/m1/s1. The number of hydrogen-bond acceptors (Lipinski definition) is 14. The van der Waals surface area contributed by atoms with Gasteiger partial charge in [-0.1, -0.05) is 95.2 Å². The average Bonchev–Trinajstić information content (AvgIpc) is 0.849. The predicted molar refractivity (Wildman–Crippen MR) is 344 cm³/mol. The molecule has 0 saturated carbocycles. The van der Waals surface area contributed by atoms with Crippen molar-refractivity contribution in [3.8, 4) is 0 Å². The second-order valence-corrected chi connectivity index (χ2v) is 27.0. The van der Waals surface area contributed by atoms with Crippen LogP contribution in [0.15, 0.2) is 12.2 Å². The largest absolute Gasteiger partial charge is 0.356 e. The van der Waals surface area contributed by atoms with E-state index in [1.165, 1.54) is 82.8 Å². The molecule has 514 valence electrons. The highest BCUT2D eigenvalue weighted by Crippen LogP contribution is 2.26. The summed E-state index contributed by atoms with van der Waals surface area (Å²) in [6, 6.07) is -13.1. The molecule has 25 heteroatoms. The van der Waals surface area contributed by atoms with Crippen molar-refractivity contribution in [3.05, 3.63) is 12.2 Å². The summed E-state index contributed by atoms with van der Waals surface area (Å²) in [5.41, 5.74) is -1.13. The van der Waals surface area contributed by atoms with Crippen LogP contribution in [0, 0.1) is 35.5 Å². The first-order chi connectivity index (χ1) is 41.6. The van der Waals surface area contributed by atoms with Crippen molar-refractivity contribution in [2.45, 2.75) is 229 Å². The molecule has 4 N–H and O–H groups in total. The van der Waals surface area contributed by atoms with E-state index < -0.39 is 161 Å². The number of nitrogens with zero attached hydrogens (tertiary/aromatic N) is 7. The Bertz CT molecular complexity index is 2500. The fraction of sp³-hybridized carbons (Fsp3) is 0.785. The van der Waals surface area contributed by atoms with Crippen molar-refractivity contribution >= 4 is 70.8 Å². The molecule has 11 amide bonds. The molecule has 0 aromatic heterocycles. The minimum absolute atomic E-state index is 0.0365. The van der Waals surface area contributed by atoms with Gasteiger partial charge in [-0.25, -0.2) is 0 Å². The van der Waals surface area contributed by atoms with Crippen molar-refractivity contribution in [1.82, 2.24) is 55.6 Å². The molecule has 1 heterocycles. The lowest BCUT2D eigenvalue weighted by Crippen LogP contribution is -2.63. The molecule has 0 spiro atoms. The van der Waals surface area contributed by atoms with E-state index in [1.54, 1.807) is 81.4 Å². The molecule has 0 radical (unpaired) electrons. The molecular weight excluding hydrogens is 1160 g/mol. The Morgan fingerprint density at radius 3 is 1.50 bits per heavy atom. The predicted octanol–water partition coefficient (Wildman–Crippen LogP) is 3.61. The molecule has 90 heavy (non-hydrogen) atoms. The second-order valence-electron chi connectivity index (χ2n) is 27.0. The molecule has 11 atom stereocenters. The molecule has 1 aliphatic heterocycles. The quantitative estimate of drug-likeness (QED) is 0.0622. The van der Waals surface area contributed by atoms with Crippen LogP contribution in [0.4, 0.5) is 0 Å². The van der Waals surface area contributed by atoms with E-state index in [4.69, 9.17) is 9.47 Å². The van der Waals surface area contributed by atoms with Crippen LogP contribution in [0.3, 0.4) is 0 Å². The van der Waals surface area contributed by atoms with Crippen molar-refractivity contribution in [3.63, 3.8) is 0 Å². The highest BCUT2D eigenvalue weighted by atomic mass is 16.7. The van der Waals surface area contributed by atoms with E-state index >= 15 is 9.59 Å². The topological polar surface area (TPSA) is 294 Å². The monoisotopic (exact) mass is 1270 g/mol. The van der Waals surface area contributed by atoms with Crippen LogP contribution in [0.5, 0.6) is 0 Å². The van der Waals surface area contributed by atoms with Gasteiger partial charge in [-0.2, -0.15) is 0 Å². The van der Waals surface area contributed by atoms with E-state index in [0.717, 1.165) is 14.7 Å². The Labute approximate surface area is 537 Å². The second kappa shape index (κ2) is 37.1. The summed E-state index contributed by atoms with van der Waals surface area (Å²) in [6.45, 7) is 30.5. The zero-order valence-electron chi connectivity index (χ0n) is 59.1. The highest BCUT2D eigenvalue weighted by molar-refractivity contribution is 6.10. The van der Waals surface area contributed by atoms with Gasteiger partial charge in [-0.05, 0) is 103 Å². The smallest absolute Gasteiger partial charge is 0.251 e. The third-order valence-electron chi connectivity index (χ3n) is 16.6. The lowest BCUT2D eigenvalue weighted by Gasteiger charge is -2.40. The molecule has 0 bridgehead atoms. The number of rotatable bonds is 19. The number of carbonyl (C=O) groups excluding carboxylic acids is 12. The third kappa shape index (κ3) is 23.3. The van der Waals surface area contributed by atoms with Gasteiger partial charge in [0.2, 0.25) is 59.1 Å². The van der Waals surface area contributed by atoms with Gasteiger partial charge in [0.1, 0.15) is 61.2 Å². The first kappa shape index (κ1) is 81.5. The van der Waals surface area contributed by atoms with Gasteiger partial charge >= 0.3 is 0 Å². The van der Waals surface area contributed by atoms with Crippen LogP contribution in [0.2, 0.25) is 0 Å². The number of carbonyl (C=O) groups is 12. The van der Waals surface area contributed by atoms with Crippen LogP contribution >= 0.6 is 0 Å². The van der Waals surface area contributed by atoms with Gasteiger partial charge in [0, 0.05) is 68.3 Å². The van der Waals surface area contributed by atoms with Crippen molar-refractivity contribution in [2.75, 3.05) is 69.3 Å². The maximum absolute atomic E-state index is 15.2. The van der Waals surface area contributed by atoms with Crippen molar-refractivity contribution in [1.29, 1.82) is 0 Å². The Hall–Kier alpha value is -6.50. The number of likely N-dealkylation sites (N-methyl/N-ethyl adjacent to an activating group) is 7. The van der Waals surface area contributed by atoms with Gasteiger partial charge in [0.15, 0.2) is 11.8 Å². The zero-order chi connectivity index (χ0) is 69.7. The van der Waals surface area contributed by atoms with Crippen LogP contribution in [0.1, 0.15) is 163 Å². The molecule has 0 aliphatic carbocycles. The third-order valence-corrected chi connectivity index (χ3v) is 16.6. The van der Waals surface area contributed by atoms with Gasteiger partial charge in [-0.3, -0.25) is 57.5 Å². The molecule has 0 aromatic rings. The van der Waals surface area contributed by atoms with Gasteiger partial charge in [0.25, 0.3) is 5.91 Å². The van der Waals surface area contributed by atoms with Crippen LogP contribution < -0.4 is 21.3 Å². The molecule has 1 rings (SSSR count). The molecule has 25 nitrogen and oxygen atoms in total. The Balaban J connectivity index is 4.41. The molecule has 1 fully saturated rings. The number of nitrogens with one attached hydrogen (secondary N) is 4. The fourth-order valence-corrected chi connectivity index (χ4v) is 10.9. The van der Waals surface area contributed by atoms with Gasteiger partial charge in [-0.15, -0.1) is 0 Å². The summed E-state index contributed by atoms with van der Waals surface area (Å²) < 4.78 is 11.5. The first-order valence-corrected chi connectivity index (χ1v) is 32.0. The minimum Gasteiger partial charge on any atom is -0.356 e. The highest BCUT2D eigenvalue weighted by Gasteiger charge is 2.46. The fourth-order valence-electron chi connectivity index (χ4n) is 10.9. The Morgan fingerprint density at radius 2 is 1.02 bits per heavy atom. The zero-order valence-corrected chi connectivity index (χ0v) is 59.1. The first-order valence-electron chi connectivity index (χ1n) is 32.0. The van der Waals surface area contributed by atoms with Crippen molar-refractivity contribution < 1.29 is 67.0 Å². The Morgan fingerprint density at radius 1 is 0.544 bits per heavy atom. The lowest BCUT2D eigenvalue weighted by atomic mass is 9.92. The summed E-state index contributed by atoms with van der Waals surface area (Å²) in [7, 11) is 9.68. The summed E-state index contributed by atoms with van der Waals surface area (Å²) in [6.07, 6.45) is 3.88. The molecule has 0 unspecified atom stereocenters. The van der Waals surface area contributed by atoms with Gasteiger partial charge in [0.05, 0.1) is 12.1 Å². The van der Waals surface area contributed by atoms with E-state index in [0.29, 0.717) is 6.61 Å². The molecule has 0 aromatic carbocycles. The number of ether oxygens (including phenoxy) is 2. The summed E-state index contributed by atoms with van der Waals surface area (Å²) in [5, 5.41) is 10.9. The number of hydrogen-bond donors (Lipinski definition) is 4. The summed E-state index contributed by atoms with van der Waals surface area (Å²) in [5.74, 6) is -11.3. The normalized spacial score (nSPS) is 25.8. The van der Waals surface area contributed by atoms with E-state index in [-0.39, 0.29) is 63.1 Å². The van der Waals surface area contributed by atoms with E-state index in [9.17, 15) is 47.9 Å². The van der Waals surface area contributed by atoms with Crippen molar-refractivity contribution in [2.24, 2.45) is 35.5 Å². The van der Waals surface area contributed by atoms with E-state index in [1.807, 2.05) is 41.5 Å². The van der Waals surface area contributed by atoms with Crippen LogP contribution in [-0.4, -0.2) is 240 Å². The number of ketones is 1. The molecule has 1 saturated heterocycles. The van der Waals surface area contributed by atoms with Crippen LogP contribution in [-0.2, 0) is 67.0 Å². The lowest BCUT2D eigenvalue weighted by molar-refractivity contribution is -0.157. The minimum atomic E-state index is -1.83. The molecular formula is C65H115N11O14.